The van der Waals surface area contributed by atoms with Gasteiger partial charge in [-0.3, -0.25) is 9.59 Å². The molecular formula is C20H20BrF3N2O2. The van der Waals surface area contributed by atoms with Crippen molar-refractivity contribution >= 4 is 27.7 Å². The van der Waals surface area contributed by atoms with E-state index in [1.54, 1.807) is 24.3 Å². The Morgan fingerprint density at radius 3 is 2.29 bits per heavy atom. The van der Waals surface area contributed by atoms with Crippen molar-refractivity contribution in [1.29, 1.82) is 0 Å². The number of halogens is 4. The van der Waals surface area contributed by atoms with E-state index in [0.717, 1.165) is 16.1 Å². The summed E-state index contributed by atoms with van der Waals surface area (Å²) in [6, 6.07) is 11.7. The first kappa shape index (κ1) is 21.9. The third kappa shape index (κ3) is 6.09. The Kier molecular flexibility index (Phi) is 7.23. The lowest BCUT2D eigenvalue weighted by Gasteiger charge is -2.24. The van der Waals surface area contributed by atoms with Crippen molar-refractivity contribution < 1.29 is 22.8 Å². The Hall–Kier alpha value is -2.35. The van der Waals surface area contributed by atoms with E-state index in [-0.39, 0.29) is 30.3 Å². The van der Waals surface area contributed by atoms with Gasteiger partial charge in [0.25, 0.3) is 0 Å². The van der Waals surface area contributed by atoms with E-state index in [1.807, 2.05) is 0 Å². The van der Waals surface area contributed by atoms with Gasteiger partial charge in [-0.1, -0.05) is 46.3 Å². The van der Waals surface area contributed by atoms with E-state index < -0.39 is 17.8 Å². The van der Waals surface area contributed by atoms with Crippen LogP contribution in [-0.4, -0.2) is 23.8 Å². The molecule has 0 saturated carbocycles. The Morgan fingerprint density at radius 2 is 1.71 bits per heavy atom. The lowest BCUT2D eigenvalue weighted by atomic mass is 10.0. The van der Waals surface area contributed by atoms with Crippen molar-refractivity contribution in [1.82, 2.24) is 10.2 Å². The number of nitrogens with zero attached hydrogens (tertiary/aromatic N) is 1. The summed E-state index contributed by atoms with van der Waals surface area (Å²) in [6.45, 7) is 1.17. The second kappa shape index (κ2) is 9.23. The maximum atomic E-state index is 13.2. The molecule has 0 aliphatic heterocycles. The highest BCUT2D eigenvalue weighted by Gasteiger charge is 2.33. The van der Waals surface area contributed by atoms with Gasteiger partial charge in [-0.15, -0.1) is 0 Å². The minimum atomic E-state index is -4.49. The number of hydrogen-bond acceptors (Lipinski definition) is 2. The van der Waals surface area contributed by atoms with E-state index >= 15 is 0 Å². The average molecular weight is 457 g/mol. The highest BCUT2D eigenvalue weighted by Crippen LogP contribution is 2.32. The molecule has 2 aromatic rings. The van der Waals surface area contributed by atoms with Crippen LogP contribution in [0.15, 0.2) is 53.0 Å². The first-order valence-corrected chi connectivity index (χ1v) is 9.29. The number of amides is 2. The van der Waals surface area contributed by atoms with Gasteiger partial charge in [0.05, 0.1) is 18.0 Å². The molecule has 0 spiro atoms. The fourth-order valence-corrected chi connectivity index (χ4v) is 3.07. The zero-order chi connectivity index (χ0) is 20.9. The van der Waals surface area contributed by atoms with Gasteiger partial charge >= 0.3 is 6.18 Å². The van der Waals surface area contributed by atoms with Gasteiger partial charge < -0.3 is 10.2 Å². The summed E-state index contributed by atoms with van der Waals surface area (Å²) in [5.41, 5.74) is -0.0117. The van der Waals surface area contributed by atoms with Crippen LogP contribution in [0.4, 0.5) is 13.2 Å². The lowest BCUT2D eigenvalue weighted by molar-refractivity contribution is -0.139. The van der Waals surface area contributed by atoms with Crippen LogP contribution in [0.3, 0.4) is 0 Å². The smallest absolute Gasteiger partial charge is 0.349 e. The predicted molar refractivity (Wildman–Crippen MR) is 103 cm³/mol. The van der Waals surface area contributed by atoms with E-state index in [1.165, 1.54) is 37.1 Å². The Bertz CT molecular complexity index is 838. The van der Waals surface area contributed by atoms with Gasteiger partial charge in [0.2, 0.25) is 11.8 Å². The van der Waals surface area contributed by atoms with Crippen molar-refractivity contribution in [3.63, 3.8) is 0 Å². The highest BCUT2D eigenvalue weighted by molar-refractivity contribution is 9.10. The number of hydrogen-bond donors (Lipinski definition) is 1. The summed E-state index contributed by atoms with van der Waals surface area (Å²) in [6.07, 6.45) is -4.55. The van der Waals surface area contributed by atoms with Crippen LogP contribution in [0.25, 0.3) is 0 Å². The van der Waals surface area contributed by atoms with Crippen molar-refractivity contribution in [2.45, 2.75) is 32.1 Å². The molecule has 0 aromatic heterocycles. The minimum Gasteiger partial charge on any atom is -0.349 e. The van der Waals surface area contributed by atoms with Crippen molar-refractivity contribution in [3.05, 3.63) is 69.7 Å². The maximum Gasteiger partial charge on any atom is 0.416 e. The molecule has 0 heterocycles. The number of alkyl halides is 3. The van der Waals surface area contributed by atoms with Gasteiger partial charge in [0, 0.05) is 25.0 Å². The molecule has 150 valence electrons. The van der Waals surface area contributed by atoms with Crippen LogP contribution in [0, 0.1) is 0 Å². The Labute approximate surface area is 169 Å². The highest BCUT2D eigenvalue weighted by atomic mass is 79.9. The molecule has 4 nitrogen and oxygen atoms in total. The average Bonchev–Trinajstić information content (AvgIpc) is 2.61. The number of nitrogens with one attached hydrogen (secondary N) is 1. The van der Waals surface area contributed by atoms with Gasteiger partial charge in [-0.05, 0) is 29.3 Å². The molecule has 28 heavy (non-hydrogen) atoms. The van der Waals surface area contributed by atoms with Crippen LogP contribution in [0.5, 0.6) is 0 Å². The molecule has 0 bridgehead atoms. The molecule has 2 amide bonds. The van der Waals surface area contributed by atoms with Gasteiger partial charge in [-0.25, -0.2) is 0 Å². The topological polar surface area (TPSA) is 49.4 Å². The molecule has 1 unspecified atom stereocenters. The van der Waals surface area contributed by atoms with Crippen LogP contribution in [0.2, 0.25) is 0 Å². The van der Waals surface area contributed by atoms with E-state index in [0.29, 0.717) is 0 Å². The van der Waals surface area contributed by atoms with Crippen molar-refractivity contribution in [2.75, 3.05) is 7.05 Å². The zero-order valence-corrected chi connectivity index (χ0v) is 17.0. The summed E-state index contributed by atoms with van der Waals surface area (Å²) < 4.78 is 40.3. The molecule has 0 fully saturated rings. The molecule has 0 saturated heterocycles. The first-order chi connectivity index (χ1) is 13.1. The number of benzene rings is 2. The Balaban J connectivity index is 2.15. The zero-order valence-electron chi connectivity index (χ0n) is 15.4. The number of rotatable bonds is 6. The number of carbonyl (C=O) groups is 2. The normalized spacial score (nSPS) is 12.4. The van der Waals surface area contributed by atoms with Crippen LogP contribution in [0.1, 0.15) is 36.1 Å². The molecule has 2 aromatic carbocycles. The standard InChI is InChI=1S/C20H20BrF3N2O2/c1-13(27)25-18(14-7-9-16(21)10-8-14)11-19(28)26(2)12-15-5-3-4-6-17(15)20(22,23)24/h3-10,18H,11-12H2,1-2H3,(H,25,27). The quantitative estimate of drug-likeness (QED) is 0.684. The van der Waals surface area contributed by atoms with Crippen LogP contribution < -0.4 is 5.32 Å². The maximum absolute atomic E-state index is 13.2. The molecule has 0 radical (unpaired) electrons. The molecule has 1 atom stereocenters. The SMILES string of the molecule is CC(=O)NC(CC(=O)N(C)Cc1ccccc1C(F)(F)F)c1ccc(Br)cc1. The summed E-state index contributed by atoms with van der Waals surface area (Å²) in [5, 5.41) is 2.72. The van der Waals surface area contributed by atoms with Gasteiger partial charge in [-0.2, -0.15) is 13.2 Å². The van der Waals surface area contributed by atoms with Gasteiger partial charge in [0.1, 0.15) is 0 Å². The molecule has 8 heteroatoms. The largest absolute Gasteiger partial charge is 0.416 e. The Morgan fingerprint density at radius 1 is 1.11 bits per heavy atom. The predicted octanol–water partition coefficient (Wildman–Crippen LogP) is 4.69. The third-order valence-corrected chi connectivity index (χ3v) is 4.71. The van der Waals surface area contributed by atoms with E-state index in [9.17, 15) is 22.8 Å². The molecule has 1 N–H and O–H groups in total. The van der Waals surface area contributed by atoms with E-state index in [2.05, 4.69) is 21.2 Å². The molecule has 0 aliphatic rings. The molecular weight excluding hydrogens is 437 g/mol. The molecule has 2 rings (SSSR count). The first-order valence-electron chi connectivity index (χ1n) is 8.49. The minimum absolute atomic E-state index is 0.0190. The fraction of sp³-hybridized carbons (Fsp3) is 0.300. The summed E-state index contributed by atoms with van der Waals surface area (Å²) in [4.78, 5) is 25.4. The van der Waals surface area contributed by atoms with Gasteiger partial charge in [0.15, 0.2) is 0 Å². The lowest BCUT2D eigenvalue weighted by Crippen LogP contribution is -2.34. The summed E-state index contributed by atoms with van der Waals surface area (Å²) in [5.74, 6) is -0.676. The third-order valence-electron chi connectivity index (χ3n) is 4.18. The van der Waals surface area contributed by atoms with Crippen LogP contribution in [-0.2, 0) is 22.3 Å². The van der Waals surface area contributed by atoms with E-state index in [4.69, 9.17) is 0 Å². The second-order valence-corrected chi connectivity index (χ2v) is 7.33. The monoisotopic (exact) mass is 456 g/mol. The van der Waals surface area contributed by atoms with Crippen LogP contribution >= 0.6 is 15.9 Å². The van der Waals surface area contributed by atoms with Crippen molar-refractivity contribution in [3.8, 4) is 0 Å². The summed E-state index contributed by atoms with van der Waals surface area (Å²) in [7, 11) is 1.45. The molecule has 0 aliphatic carbocycles. The fourth-order valence-electron chi connectivity index (χ4n) is 2.80. The second-order valence-electron chi connectivity index (χ2n) is 6.41. The van der Waals surface area contributed by atoms with Crippen molar-refractivity contribution in [2.24, 2.45) is 0 Å². The summed E-state index contributed by atoms with van der Waals surface area (Å²) >= 11 is 3.32. The number of carbonyl (C=O) groups excluding carboxylic acids is 2.